The van der Waals surface area contributed by atoms with Crippen LogP contribution < -0.4 is 16.4 Å². The Morgan fingerprint density at radius 1 is 1.24 bits per heavy atom. The van der Waals surface area contributed by atoms with Crippen LogP contribution in [0.2, 0.25) is 0 Å². The molecule has 0 bridgehead atoms. The summed E-state index contributed by atoms with van der Waals surface area (Å²) in [5.41, 5.74) is 6.86. The second kappa shape index (κ2) is 6.06. The van der Waals surface area contributed by atoms with E-state index in [0.29, 0.717) is 22.8 Å². The molecule has 0 saturated carbocycles. The van der Waals surface area contributed by atoms with Crippen molar-refractivity contribution in [2.24, 2.45) is 5.73 Å². The number of nitrogens with one attached hydrogen (secondary N) is 2. The number of hydrogen-bond donors (Lipinski definition) is 3. The number of carbonyl (C=O) groups excluding carboxylic acids is 1. The Bertz CT molecular complexity index is 1070. The lowest BCUT2D eigenvalue weighted by molar-refractivity contribution is 0.0993. The number of para-hydroxylation sites is 1. The monoisotopic (exact) mass is 360 g/mol. The molecular weight excluding hydrogens is 344 g/mol. The van der Waals surface area contributed by atoms with Gasteiger partial charge < -0.3 is 16.4 Å². The van der Waals surface area contributed by atoms with E-state index in [1.165, 1.54) is 16.8 Å². The smallest absolute Gasteiger partial charge is 0.269 e. The fraction of sp³-hybridized carbons (Fsp3) is 0.133. The van der Waals surface area contributed by atoms with Gasteiger partial charge in [-0.2, -0.15) is 0 Å². The molecule has 0 radical (unpaired) electrons. The summed E-state index contributed by atoms with van der Waals surface area (Å²) in [4.78, 5) is 15.8. The van der Waals surface area contributed by atoms with E-state index >= 15 is 0 Å². The van der Waals surface area contributed by atoms with Gasteiger partial charge in [0.15, 0.2) is 21.3 Å². The highest BCUT2D eigenvalue weighted by Gasteiger charge is 2.16. The summed E-state index contributed by atoms with van der Waals surface area (Å²) < 4.78 is 25.2. The molecule has 10 heteroatoms. The topological polar surface area (TPSA) is 131 Å². The number of nitrogens with zero attached hydrogens (tertiary/aromatic N) is 3. The van der Waals surface area contributed by atoms with Crippen molar-refractivity contribution in [2.75, 3.05) is 23.9 Å². The number of sulfone groups is 1. The largest absolute Gasteiger partial charge is 0.385 e. The van der Waals surface area contributed by atoms with Gasteiger partial charge in [0.05, 0.1) is 22.5 Å². The Kier molecular flexibility index (Phi) is 4.05. The summed E-state index contributed by atoms with van der Waals surface area (Å²) in [7, 11) is -1.73. The number of primary amides is 1. The third-order valence-electron chi connectivity index (χ3n) is 3.54. The number of nitrogens with two attached hydrogens (primary N) is 1. The Balaban J connectivity index is 2.15. The van der Waals surface area contributed by atoms with Crippen molar-refractivity contribution in [3.63, 3.8) is 0 Å². The Labute approximate surface area is 143 Å². The number of benzene rings is 1. The SMILES string of the molecule is CNc1cc(Nc2ccccc2S(C)(=O)=O)nn2c(C(N)=O)cnc12. The van der Waals surface area contributed by atoms with Crippen LogP contribution in [0.15, 0.2) is 41.4 Å². The third-order valence-corrected chi connectivity index (χ3v) is 4.69. The molecule has 0 aliphatic heterocycles. The Morgan fingerprint density at radius 3 is 2.60 bits per heavy atom. The molecule has 2 aromatic heterocycles. The molecule has 9 nitrogen and oxygen atoms in total. The van der Waals surface area contributed by atoms with Crippen LogP contribution in [0, 0.1) is 0 Å². The summed E-state index contributed by atoms with van der Waals surface area (Å²) in [5.74, 6) is -0.343. The van der Waals surface area contributed by atoms with E-state index in [0.717, 1.165) is 6.26 Å². The van der Waals surface area contributed by atoms with Crippen molar-refractivity contribution >= 4 is 38.6 Å². The second-order valence-electron chi connectivity index (χ2n) is 5.33. The molecule has 0 spiro atoms. The molecule has 0 saturated heterocycles. The number of amides is 1. The fourth-order valence-electron chi connectivity index (χ4n) is 2.41. The molecule has 1 aromatic carbocycles. The zero-order valence-electron chi connectivity index (χ0n) is 13.5. The number of carbonyl (C=O) groups is 1. The minimum Gasteiger partial charge on any atom is -0.385 e. The van der Waals surface area contributed by atoms with Gasteiger partial charge in [-0.1, -0.05) is 12.1 Å². The first-order valence-electron chi connectivity index (χ1n) is 7.23. The van der Waals surface area contributed by atoms with Gasteiger partial charge in [0.25, 0.3) is 5.91 Å². The van der Waals surface area contributed by atoms with Gasteiger partial charge in [-0.3, -0.25) is 4.79 Å². The van der Waals surface area contributed by atoms with E-state index in [2.05, 4.69) is 20.7 Å². The fourth-order valence-corrected chi connectivity index (χ4v) is 3.26. The van der Waals surface area contributed by atoms with Crippen LogP contribution in [0.1, 0.15) is 10.5 Å². The minimum absolute atomic E-state index is 0.117. The lowest BCUT2D eigenvalue weighted by Crippen LogP contribution is -2.15. The van der Waals surface area contributed by atoms with Gasteiger partial charge >= 0.3 is 0 Å². The normalized spacial score (nSPS) is 11.4. The summed E-state index contributed by atoms with van der Waals surface area (Å²) >= 11 is 0. The maximum Gasteiger partial charge on any atom is 0.269 e. The Hall–Kier alpha value is -3.14. The van der Waals surface area contributed by atoms with Gasteiger partial charge in [-0.15, -0.1) is 5.10 Å². The average Bonchev–Trinajstić information content (AvgIpc) is 2.97. The van der Waals surface area contributed by atoms with Crippen LogP contribution in [0.3, 0.4) is 0 Å². The number of hydrogen-bond acceptors (Lipinski definition) is 7. The van der Waals surface area contributed by atoms with Crippen LogP contribution in [0.25, 0.3) is 5.65 Å². The average molecular weight is 360 g/mol. The zero-order valence-corrected chi connectivity index (χ0v) is 14.3. The number of aromatic nitrogens is 3. The van der Waals surface area contributed by atoms with E-state index in [-0.39, 0.29) is 10.6 Å². The van der Waals surface area contributed by atoms with Crippen molar-refractivity contribution in [1.82, 2.24) is 14.6 Å². The van der Waals surface area contributed by atoms with Gasteiger partial charge in [0, 0.05) is 19.4 Å². The Morgan fingerprint density at radius 2 is 1.96 bits per heavy atom. The number of imidazole rings is 1. The zero-order chi connectivity index (χ0) is 18.2. The molecule has 1 amide bonds. The van der Waals surface area contributed by atoms with Crippen molar-refractivity contribution in [2.45, 2.75) is 4.90 Å². The van der Waals surface area contributed by atoms with Crippen molar-refractivity contribution < 1.29 is 13.2 Å². The first-order chi connectivity index (χ1) is 11.8. The van der Waals surface area contributed by atoms with Crippen molar-refractivity contribution in [3.05, 3.63) is 42.2 Å². The standard InChI is InChI=1S/C15H16N6O3S/c1-17-10-7-13(20-21-11(14(16)22)8-18-15(10)21)19-9-5-3-4-6-12(9)25(2,23)24/h3-8,17H,1-2H3,(H2,16,22)(H,19,20). The van der Waals surface area contributed by atoms with Gasteiger partial charge in [-0.05, 0) is 12.1 Å². The molecule has 0 atom stereocenters. The molecule has 0 unspecified atom stereocenters. The summed E-state index contributed by atoms with van der Waals surface area (Å²) in [6, 6.07) is 8.14. The highest BCUT2D eigenvalue weighted by atomic mass is 32.2. The number of rotatable bonds is 5. The summed E-state index contributed by atoms with van der Waals surface area (Å²) in [6.07, 6.45) is 2.46. The van der Waals surface area contributed by atoms with Crippen LogP contribution >= 0.6 is 0 Å². The van der Waals surface area contributed by atoms with Crippen LogP contribution in [-0.2, 0) is 9.84 Å². The van der Waals surface area contributed by atoms with Crippen LogP contribution in [-0.4, -0.2) is 42.2 Å². The number of fused-ring (bicyclic) bond motifs is 1. The molecule has 130 valence electrons. The summed E-state index contributed by atoms with van der Waals surface area (Å²) in [6.45, 7) is 0. The van der Waals surface area contributed by atoms with Crippen LogP contribution in [0.5, 0.6) is 0 Å². The molecule has 0 aliphatic rings. The van der Waals surface area contributed by atoms with E-state index in [1.807, 2.05) is 0 Å². The van der Waals surface area contributed by atoms with Gasteiger partial charge in [-0.25, -0.2) is 17.9 Å². The lowest BCUT2D eigenvalue weighted by Gasteiger charge is -2.12. The highest BCUT2D eigenvalue weighted by molar-refractivity contribution is 7.90. The molecule has 4 N–H and O–H groups in total. The molecule has 25 heavy (non-hydrogen) atoms. The van der Waals surface area contributed by atoms with Crippen LogP contribution in [0.4, 0.5) is 17.2 Å². The first kappa shape index (κ1) is 16.7. The third kappa shape index (κ3) is 3.11. The maximum atomic E-state index is 11.9. The molecule has 0 aliphatic carbocycles. The van der Waals surface area contributed by atoms with Gasteiger partial charge in [0.1, 0.15) is 5.69 Å². The molecule has 3 aromatic rings. The predicted octanol–water partition coefficient (Wildman–Crippen LogP) is 1.02. The van der Waals surface area contributed by atoms with E-state index in [9.17, 15) is 13.2 Å². The van der Waals surface area contributed by atoms with Crippen molar-refractivity contribution in [1.29, 1.82) is 0 Å². The molecule has 3 rings (SSSR count). The quantitative estimate of drug-likeness (QED) is 0.619. The van der Waals surface area contributed by atoms with E-state index in [4.69, 9.17) is 5.73 Å². The molecule has 2 heterocycles. The number of anilines is 3. The summed E-state index contributed by atoms with van der Waals surface area (Å²) in [5, 5.41) is 10.2. The maximum absolute atomic E-state index is 11.9. The predicted molar refractivity (Wildman–Crippen MR) is 93.9 cm³/mol. The minimum atomic E-state index is -3.42. The lowest BCUT2D eigenvalue weighted by atomic mass is 10.3. The van der Waals surface area contributed by atoms with E-state index < -0.39 is 15.7 Å². The van der Waals surface area contributed by atoms with E-state index in [1.54, 1.807) is 31.3 Å². The van der Waals surface area contributed by atoms with Gasteiger partial charge in [0.2, 0.25) is 0 Å². The molecule has 0 fully saturated rings. The second-order valence-corrected chi connectivity index (χ2v) is 7.31. The van der Waals surface area contributed by atoms with Crippen molar-refractivity contribution in [3.8, 4) is 0 Å². The first-order valence-corrected chi connectivity index (χ1v) is 9.13. The highest BCUT2D eigenvalue weighted by Crippen LogP contribution is 2.26. The molecular formula is C15H16N6O3S.